The number of carbonyl (C=O) groups is 1. The molecule has 2 heterocycles. The second-order valence-corrected chi connectivity index (χ2v) is 6.82. The van der Waals surface area contributed by atoms with E-state index in [9.17, 15) is 4.79 Å². The fraction of sp³-hybridized carbons (Fsp3) is 0.375. The molecule has 132 valence electrons. The van der Waals surface area contributed by atoms with Crippen LogP contribution in [0, 0.1) is 0 Å². The van der Waals surface area contributed by atoms with Crippen molar-refractivity contribution in [3.63, 3.8) is 0 Å². The smallest absolute Gasteiger partial charge is 0.273 e. The summed E-state index contributed by atoms with van der Waals surface area (Å²) in [6.45, 7) is 5.71. The standard InChI is InChI=1S/C16H18ClN3OS.2ClH/c1-10-11(2)20(7-6-18-10)16(21)14-9-22-15(19-14)12-4-3-5-13(17)8-12;;/h3-5,8-11,18H,6-7H2,1-2H3;2*1H. The lowest BCUT2D eigenvalue weighted by atomic mass is 10.1. The van der Waals surface area contributed by atoms with Crippen molar-refractivity contribution in [2.45, 2.75) is 25.9 Å². The molecule has 1 aliphatic rings. The lowest BCUT2D eigenvalue weighted by molar-refractivity contribution is 0.0598. The van der Waals surface area contributed by atoms with Crippen LogP contribution in [0.4, 0.5) is 0 Å². The van der Waals surface area contributed by atoms with Crippen LogP contribution in [0.5, 0.6) is 0 Å². The lowest BCUT2D eigenvalue weighted by Crippen LogP contribution is -2.57. The maximum absolute atomic E-state index is 12.7. The number of carbonyl (C=O) groups excluding carboxylic acids is 1. The SMILES string of the molecule is CC1NCCN(C(=O)c2csc(-c3cccc(Cl)c3)n2)C1C.Cl.Cl. The van der Waals surface area contributed by atoms with E-state index in [1.54, 1.807) is 0 Å². The molecule has 2 aromatic rings. The van der Waals surface area contributed by atoms with Gasteiger partial charge in [-0.15, -0.1) is 36.2 Å². The molecule has 8 heteroatoms. The monoisotopic (exact) mass is 407 g/mol. The number of rotatable bonds is 2. The predicted octanol–water partition coefficient (Wildman–Crippen LogP) is 4.13. The van der Waals surface area contributed by atoms with E-state index in [1.165, 1.54) is 11.3 Å². The average molecular weight is 409 g/mol. The lowest BCUT2D eigenvalue weighted by Gasteiger charge is -2.38. The molecule has 1 saturated heterocycles. The highest BCUT2D eigenvalue weighted by molar-refractivity contribution is 7.13. The van der Waals surface area contributed by atoms with Crippen molar-refractivity contribution in [1.82, 2.24) is 15.2 Å². The molecule has 24 heavy (non-hydrogen) atoms. The maximum Gasteiger partial charge on any atom is 0.273 e. The minimum absolute atomic E-state index is 0. The summed E-state index contributed by atoms with van der Waals surface area (Å²) in [5.41, 5.74) is 1.46. The largest absolute Gasteiger partial charge is 0.332 e. The van der Waals surface area contributed by atoms with Gasteiger partial charge in [0.15, 0.2) is 0 Å². The Hall–Kier alpha value is -0.850. The van der Waals surface area contributed by atoms with Gasteiger partial charge in [-0.05, 0) is 26.0 Å². The van der Waals surface area contributed by atoms with Crippen LogP contribution in [0.25, 0.3) is 10.6 Å². The van der Waals surface area contributed by atoms with E-state index >= 15 is 0 Å². The zero-order valence-electron chi connectivity index (χ0n) is 13.4. The van der Waals surface area contributed by atoms with Crippen LogP contribution in [-0.2, 0) is 0 Å². The van der Waals surface area contributed by atoms with Crippen molar-refractivity contribution in [2.24, 2.45) is 0 Å². The number of hydrogen-bond donors (Lipinski definition) is 1. The third kappa shape index (κ3) is 4.41. The second kappa shape index (κ2) is 9.02. The van der Waals surface area contributed by atoms with E-state index in [4.69, 9.17) is 11.6 Å². The first-order chi connectivity index (χ1) is 10.6. The number of nitrogens with zero attached hydrogens (tertiary/aromatic N) is 2. The van der Waals surface area contributed by atoms with Gasteiger partial charge in [-0.25, -0.2) is 4.98 Å². The third-order valence-electron chi connectivity index (χ3n) is 4.09. The van der Waals surface area contributed by atoms with Crippen molar-refractivity contribution >= 4 is 53.7 Å². The Morgan fingerprint density at radius 2 is 2.12 bits per heavy atom. The average Bonchev–Trinajstić information content (AvgIpc) is 2.99. The van der Waals surface area contributed by atoms with Crippen LogP contribution in [0.3, 0.4) is 0 Å². The van der Waals surface area contributed by atoms with Crippen LogP contribution >= 0.6 is 47.8 Å². The Labute approximate surface area is 163 Å². The van der Waals surface area contributed by atoms with Crippen molar-refractivity contribution in [1.29, 1.82) is 0 Å². The molecule has 2 atom stereocenters. The predicted molar refractivity (Wildman–Crippen MR) is 105 cm³/mol. The number of halogens is 3. The highest BCUT2D eigenvalue weighted by Gasteiger charge is 2.29. The van der Waals surface area contributed by atoms with Crippen LogP contribution in [0.15, 0.2) is 29.6 Å². The molecule has 1 amide bonds. The molecule has 0 radical (unpaired) electrons. The molecular formula is C16H20Cl3N3OS. The fourth-order valence-electron chi connectivity index (χ4n) is 2.62. The molecule has 0 spiro atoms. The molecule has 1 N–H and O–H groups in total. The first-order valence-electron chi connectivity index (χ1n) is 7.32. The van der Waals surface area contributed by atoms with Gasteiger partial charge in [0, 0.05) is 41.1 Å². The van der Waals surface area contributed by atoms with Crippen LogP contribution < -0.4 is 5.32 Å². The van der Waals surface area contributed by atoms with Crippen molar-refractivity contribution in [3.05, 3.63) is 40.4 Å². The van der Waals surface area contributed by atoms with Crippen molar-refractivity contribution < 1.29 is 4.79 Å². The third-order valence-corrected chi connectivity index (χ3v) is 5.22. The fourth-order valence-corrected chi connectivity index (χ4v) is 3.60. The van der Waals surface area contributed by atoms with Gasteiger partial charge in [-0.2, -0.15) is 0 Å². The van der Waals surface area contributed by atoms with E-state index in [2.05, 4.69) is 24.1 Å². The van der Waals surface area contributed by atoms with Gasteiger partial charge in [-0.3, -0.25) is 4.79 Å². The minimum atomic E-state index is 0. The molecule has 1 aromatic heterocycles. The molecule has 3 rings (SSSR count). The van der Waals surface area contributed by atoms with Gasteiger partial charge in [-0.1, -0.05) is 23.7 Å². The number of piperazine rings is 1. The van der Waals surface area contributed by atoms with Crippen molar-refractivity contribution in [2.75, 3.05) is 13.1 Å². The Morgan fingerprint density at radius 1 is 1.38 bits per heavy atom. The molecule has 0 bridgehead atoms. The van der Waals surface area contributed by atoms with Crippen LogP contribution in [-0.4, -0.2) is 41.0 Å². The number of hydrogen-bond acceptors (Lipinski definition) is 4. The Morgan fingerprint density at radius 3 is 2.83 bits per heavy atom. The Kier molecular flexibility index (Phi) is 7.96. The summed E-state index contributed by atoms with van der Waals surface area (Å²) in [6.07, 6.45) is 0. The highest BCUT2D eigenvalue weighted by Crippen LogP contribution is 2.27. The summed E-state index contributed by atoms with van der Waals surface area (Å²) < 4.78 is 0. The van der Waals surface area contributed by atoms with Gasteiger partial charge in [0.05, 0.1) is 0 Å². The van der Waals surface area contributed by atoms with Crippen LogP contribution in [0.1, 0.15) is 24.3 Å². The topological polar surface area (TPSA) is 45.2 Å². The number of aromatic nitrogens is 1. The first kappa shape index (κ1) is 21.2. The quantitative estimate of drug-likeness (QED) is 0.812. The van der Waals surface area contributed by atoms with E-state index in [-0.39, 0.29) is 36.8 Å². The number of thiazole rings is 1. The molecular weight excluding hydrogens is 389 g/mol. The molecule has 0 saturated carbocycles. The van der Waals surface area contributed by atoms with Crippen LogP contribution in [0.2, 0.25) is 5.02 Å². The zero-order valence-corrected chi connectivity index (χ0v) is 16.6. The van der Waals surface area contributed by atoms with Gasteiger partial charge in [0.1, 0.15) is 10.7 Å². The number of benzene rings is 1. The summed E-state index contributed by atoms with van der Waals surface area (Å²) in [6, 6.07) is 8.00. The Balaban J connectivity index is 0.00000144. The van der Waals surface area contributed by atoms with E-state index in [0.717, 1.165) is 17.1 Å². The normalized spacial score (nSPS) is 20.0. The molecule has 1 aliphatic heterocycles. The summed E-state index contributed by atoms with van der Waals surface area (Å²) in [5.74, 6) is 0.00498. The van der Waals surface area contributed by atoms with Crippen molar-refractivity contribution in [3.8, 4) is 10.6 Å². The molecule has 2 unspecified atom stereocenters. The molecule has 1 aromatic carbocycles. The van der Waals surface area contributed by atoms with Gasteiger partial charge >= 0.3 is 0 Å². The van der Waals surface area contributed by atoms with Gasteiger partial charge in [0.25, 0.3) is 5.91 Å². The first-order valence-corrected chi connectivity index (χ1v) is 8.58. The summed E-state index contributed by atoms with van der Waals surface area (Å²) in [5, 5.41) is 6.70. The molecule has 4 nitrogen and oxygen atoms in total. The summed E-state index contributed by atoms with van der Waals surface area (Å²) >= 11 is 7.49. The summed E-state index contributed by atoms with van der Waals surface area (Å²) in [4.78, 5) is 19.1. The Bertz CT molecular complexity index is 695. The second-order valence-electron chi connectivity index (χ2n) is 5.53. The highest BCUT2D eigenvalue weighted by atomic mass is 35.5. The molecule has 0 aliphatic carbocycles. The molecule has 1 fully saturated rings. The number of nitrogens with one attached hydrogen (secondary N) is 1. The zero-order chi connectivity index (χ0) is 15.7. The van der Waals surface area contributed by atoms with E-state index in [1.807, 2.05) is 34.5 Å². The van der Waals surface area contributed by atoms with Gasteiger partial charge < -0.3 is 10.2 Å². The van der Waals surface area contributed by atoms with E-state index < -0.39 is 0 Å². The van der Waals surface area contributed by atoms with E-state index in [0.29, 0.717) is 23.3 Å². The minimum Gasteiger partial charge on any atom is -0.332 e. The number of amides is 1. The maximum atomic E-state index is 12.7. The van der Waals surface area contributed by atoms with Gasteiger partial charge in [0.2, 0.25) is 0 Å². The summed E-state index contributed by atoms with van der Waals surface area (Å²) in [7, 11) is 0.